The SMILES string of the molecule is Cc1cc(NC(=O)CC(=O)O)cc(C)c1OCc1cc(NC(C)C)cc(C(F)(F)F)c1. The predicted octanol–water partition coefficient (Wildman–Crippen LogP) is 5.13. The zero-order valence-corrected chi connectivity index (χ0v) is 17.7. The van der Waals surface area contributed by atoms with E-state index in [9.17, 15) is 22.8 Å². The van der Waals surface area contributed by atoms with E-state index in [4.69, 9.17) is 9.84 Å². The molecule has 0 unspecified atom stereocenters. The van der Waals surface area contributed by atoms with E-state index in [0.717, 1.165) is 12.1 Å². The highest BCUT2D eigenvalue weighted by Gasteiger charge is 2.31. The molecule has 0 aliphatic rings. The number of aliphatic carboxylic acids is 1. The van der Waals surface area contributed by atoms with Crippen molar-refractivity contribution in [2.75, 3.05) is 10.6 Å². The number of carbonyl (C=O) groups excluding carboxylic acids is 1. The third-order valence-electron chi connectivity index (χ3n) is 4.21. The number of anilines is 2. The summed E-state index contributed by atoms with van der Waals surface area (Å²) >= 11 is 0. The molecular weight excluding hydrogens is 413 g/mol. The quantitative estimate of drug-likeness (QED) is 0.497. The summed E-state index contributed by atoms with van der Waals surface area (Å²) in [7, 11) is 0. The largest absolute Gasteiger partial charge is 0.488 e. The topological polar surface area (TPSA) is 87.7 Å². The Labute approximate surface area is 178 Å². The minimum absolute atomic E-state index is 0.0365. The molecule has 6 nitrogen and oxygen atoms in total. The van der Waals surface area contributed by atoms with Crippen LogP contribution in [-0.4, -0.2) is 23.0 Å². The number of nitrogens with one attached hydrogen (secondary N) is 2. The molecule has 9 heteroatoms. The van der Waals surface area contributed by atoms with E-state index in [1.165, 1.54) is 0 Å². The van der Waals surface area contributed by atoms with Crippen molar-refractivity contribution in [2.24, 2.45) is 0 Å². The molecule has 2 aromatic rings. The van der Waals surface area contributed by atoms with Crippen molar-refractivity contribution in [3.05, 3.63) is 52.6 Å². The monoisotopic (exact) mass is 438 g/mol. The normalized spacial score (nSPS) is 11.4. The Bertz CT molecular complexity index is 949. The van der Waals surface area contributed by atoms with E-state index in [0.29, 0.717) is 33.8 Å². The maximum Gasteiger partial charge on any atom is 0.416 e. The van der Waals surface area contributed by atoms with E-state index in [1.54, 1.807) is 32.0 Å². The Morgan fingerprint density at radius 3 is 2.16 bits per heavy atom. The molecule has 1 amide bonds. The Morgan fingerprint density at radius 1 is 1.03 bits per heavy atom. The molecule has 0 saturated carbocycles. The van der Waals surface area contributed by atoms with Crippen LogP contribution in [0, 0.1) is 13.8 Å². The molecule has 2 rings (SSSR count). The van der Waals surface area contributed by atoms with Gasteiger partial charge in [0.05, 0.1) is 5.56 Å². The van der Waals surface area contributed by atoms with Gasteiger partial charge in [-0.2, -0.15) is 13.2 Å². The summed E-state index contributed by atoms with van der Waals surface area (Å²) in [6, 6.07) is 6.91. The van der Waals surface area contributed by atoms with Crippen LogP contribution in [0.25, 0.3) is 0 Å². The Kier molecular flexibility index (Phi) is 7.54. The van der Waals surface area contributed by atoms with Gasteiger partial charge in [0.15, 0.2) is 0 Å². The minimum atomic E-state index is -4.48. The first-order valence-corrected chi connectivity index (χ1v) is 9.58. The summed E-state index contributed by atoms with van der Waals surface area (Å²) in [5.74, 6) is -1.42. The van der Waals surface area contributed by atoms with Crippen LogP contribution < -0.4 is 15.4 Å². The highest BCUT2D eigenvalue weighted by Crippen LogP contribution is 2.33. The average molecular weight is 438 g/mol. The van der Waals surface area contributed by atoms with Gasteiger partial charge >= 0.3 is 12.1 Å². The van der Waals surface area contributed by atoms with Gasteiger partial charge < -0.3 is 20.5 Å². The number of carboxylic acid groups (broad SMARTS) is 1. The van der Waals surface area contributed by atoms with Crippen LogP contribution in [0.3, 0.4) is 0 Å². The molecule has 3 N–H and O–H groups in total. The first-order chi connectivity index (χ1) is 14.3. The fraction of sp³-hybridized carbons (Fsp3) is 0.364. The molecule has 0 bridgehead atoms. The third kappa shape index (κ3) is 7.20. The zero-order valence-electron chi connectivity index (χ0n) is 17.7. The minimum Gasteiger partial charge on any atom is -0.488 e. The number of amides is 1. The number of rotatable bonds is 8. The molecule has 0 radical (unpaired) electrons. The maximum absolute atomic E-state index is 13.3. The summed E-state index contributed by atoms with van der Waals surface area (Å²) in [4.78, 5) is 22.3. The van der Waals surface area contributed by atoms with Gasteiger partial charge in [0.1, 0.15) is 18.8 Å². The van der Waals surface area contributed by atoms with Crippen LogP contribution in [0.5, 0.6) is 5.75 Å². The Hall–Kier alpha value is -3.23. The van der Waals surface area contributed by atoms with Gasteiger partial charge in [-0.3, -0.25) is 9.59 Å². The van der Waals surface area contributed by atoms with Crippen molar-refractivity contribution in [1.82, 2.24) is 0 Å². The highest BCUT2D eigenvalue weighted by atomic mass is 19.4. The van der Waals surface area contributed by atoms with E-state index in [2.05, 4.69) is 10.6 Å². The number of benzene rings is 2. The number of halogens is 3. The Balaban J connectivity index is 2.22. The molecule has 31 heavy (non-hydrogen) atoms. The van der Waals surface area contributed by atoms with Crippen molar-refractivity contribution in [1.29, 1.82) is 0 Å². The van der Waals surface area contributed by atoms with Gasteiger partial charge in [-0.15, -0.1) is 0 Å². The summed E-state index contributed by atoms with van der Waals surface area (Å²) in [5.41, 5.74) is 1.66. The van der Waals surface area contributed by atoms with Crippen molar-refractivity contribution >= 4 is 23.3 Å². The molecule has 168 valence electrons. The Morgan fingerprint density at radius 2 is 1.65 bits per heavy atom. The molecule has 0 aliphatic carbocycles. The van der Waals surface area contributed by atoms with Crippen LogP contribution in [0.4, 0.5) is 24.5 Å². The van der Waals surface area contributed by atoms with Gasteiger partial charge in [0, 0.05) is 17.4 Å². The number of carboxylic acids is 1. The highest BCUT2D eigenvalue weighted by molar-refractivity contribution is 6.01. The zero-order chi connectivity index (χ0) is 23.3. The van der Waals surface area contributed by atoms with Crippen LogP contribution >= 0.6 is 0 Å². The molecule has 2 aromatic carbocycles. The van der Waals surface area contributed by atoms with E-state index in [1.807, 2.05) is 13.8 Å². The molecule has 0 heterocycles. The lowest BCUT2D eigenvalue weighted by Gasteiger charge is -2.17. The molecule has 0 spiro atoms. The fourth-order valence-corrected chi connectivity index (χ4v) is 3.10. The smallest absolute Gasteiger partial charge is 0.416 e. The van der Waals surface area contributed by atoms with Crippen LogP contribution in [0.1, 0.15) is 42.5 Å². The predicted molar refractivity (Wildman–Crippen MR) is 111 cm³/mol. The van der Waals surface area contributed by atoms with Crippen LogP contribution in [0.15, 0.2) is 30.3 Å². The summed E-state index contributed by atoms with van der Waals surface area (Å²) in [6.45, 7) is 7.04. The number of alkyl halides is 3. The van der Waals surface area contributed by atoms with Crippen LogP contribution in [-0.2, 0) is 22.4 Å². The summed E-state index contributed by atoms with van der Waals surface area (Å²) in [5, 5.41) is 14.2. The van der Waals surface area contributed by atoms with E-state index in [-0.39, 0.29) is 12.6 Å². The number of carbonyl (C=O) groups is 2. The maximum atomic E-state index is 13.3. The first-order valence-electron chi connectivity index (χ1n) is 9.58. The molecule has 0 aromatic heterocycles. The first kappa shape index (κ1) is 24.0. The van der Waals surface area contributed by atoms with Crippen molar-refractivity contribution < 1.29 is 32.6 Å². The number of aryl methyl sites for hydroxylation is 2. The molecule has 0 atom stereocenters. The molecule has 0 fully saturated rings. The van der Waals surface area contributed by atoms with Crippen molar-refractivity contribution in [2.45, 2.75) is 52.9 Å². The summed E-state index contributed by atoms with van der Waals surface area (Å²) < 4.78 is 45.6. The molecule has 0 saturated heterocycles. The van der Waals surface area contributed by atoms with Gasteiger partial charge in [-0.1, -0.05) is 0 Å². The summed E-state index contributed by atoms with van der Waals surface area (Å²) in [6.07, 6.45) is -5.14. The molecule has 0 aliphatic heterocycles. The number of ether oxygens (including phenoxy) is 1. The van der Waals surface area contributed by atoms with Gasteiger partial charge in [0.25, 0.3) is 0 Å². The second-order valence-corrected chi connectivity index (χ2v) is 7.56. The second-order valence-electron chi connectivity index (χ2n) is 7.56. The lowest BCUT2D eigenvalue weighted by molar-refractivity contribution is -0.140. The van der Waals surface area contributed by atoms with Gasteiger partial charge in [0.2, 0.25) is 5.91 Å². The van der Waals surface area contributed by atoms with E-state index >= 15 is 0 Å². The van der Waals surface area contributed by atoms with Crippen molar-refractivity contribution in [3.8, 4) is 5.75 Å². The number of hydrogen-bond donors (Lipinski definition) is 3. The number of hydrogen-bond acceptors (Lipinski definition) is 4. The van der Waals surface area contributed by atoms with Gasteiger partial charge in [-0.05, 0) is 74.7 Å². The second kappa shape index (κ2) is 9.72. The average Bonchev–Trinajstić information content (AvgIpc) is 2.58. The lowest BCUT2D eigenvalue weighted by Crippen LogP contribution is -2.16. The fourth-order valence-electron chi connectivity index (χ4n) is 3.10. The lowest BCUT2D eigenvalue weighted by atomic mass is 10.1. The molecular formula is C22H25F3N2O4. The van der Waals surface area contributed by atoms with E-state index < -0.39 is 30.0 Å². The van der Waals surface area contributed by atoms with Gasteiger partial charge in [-0.25, -0.2) is 0 Å². The standard InChI is InChI=1S/C22H25F3N2O4/c1-12(2)26-18-8-15(7-16(9-18)22(23,24)25)11-31-21-13(3)5-17(6-14(21)4)27-19(28)10-20(29)30/h5-9,12,26H,10-11H2,1-4H3,(H,27,28)(H,29,30). The van der Waals surface area contributed by atoms with Crippen LogP contribution in [0.2, 0.25) is 0 Å². The van der Waals surface area contributed by atoms with Crippen molar-refractivity contribution in [3.63, 3.8) is 0 Å². The third-order valence-corrected chi connectivity index (χ3v) is 4.21.